The van der Waals surface area contributed by atoms with E-state index in [9.17, 15) is 14.7 Å². The van der Waals surface area contributed by atoms with Crippen molar-refractivity contribution >= 4 is 11.8 Å². The molecule has 0 heterocycles. The number of allylic oxidation sites excluding steroid dienone is 3. The second-order valence-corrected chi connectivity index (χ2v) is 5.25. The number of ether oxygens (including phenoxy) is 1. The molecule has 0 saturated carbocycles. The van der Waals surface area contributed by atoms with Crippen LogP contribution >= 0.6 is 0 Å². The molecule has 1 aliphatic rings. The van der Waals surface area contributed by atoms with Gasteiger partial charge >= 0.3 is 5.97 Å². The number of rotatable bonds is 3. The molecule has 1 aromatic carbocycles. The highest BCUT2D eigenvalue weighted by Crippen LogP contribution is 2.37. The topological polar surface area (TPSA) is 63.6 Å². The molecule has 4 heteroatoms. The van der Waals surface area contributed by atoms with Crippen LogP contribution in [-0.4, -0.2) is 24.0 Å². The molecule has 0 amide bonds. The van der Waals surface area contributed by atoms with E-state index in [4.69, 9.17) is 0 Å². The number of hydrogen-bond acceptors (Lipinski definition) is 4. The molecule has 1 unspecified atom stereocenters. The van der Waals surface area contributed by atoms with Gasteiger partial charge in [0.15, 0.2) is 5.78 Å². The fraction of sp³-hybridized carbons (Fsp3) is 0.222. The van der Waals surface area contributed by atoms with Gasteiger partial charge in [-0.15, -0.1) is 0 Å². The summed E-state index contributed by atoms with van der Waals surface area (Å²) < 4.78 is 4.56. The number of fused-ring (bicyclic) bond motifs is 1. The zero-order chi connectivity index (χ0) is 16.3. The first-order valence-electron chi connectivity index (χ1n) is 6.89. The van der Waals surface area contributed by atoms with Crippen molar-refractivity contribution < 1.29 is 19.4 Å². The molecule has 4 nitrogen and oxygen atoms in total. The van der Waals surface area contributed by atoms with E-state index in [1.807, 2.05) is 0 Å². The van der Waals surface area contributed by atoms with Crippen molar-refractivity contribution in [1.82, 2.24) is 0 Å². The van der Waals surface area contributed by atoms with Crippen LogP contribution in [0.4, 0.5) is 0 Å². The van der Waals surface area contributed by atoms with Crippen molar-refractivity contribution in [2.45, 2.75) is 19.4 Å². The van der Waals surface area contributed by atoms with Crippen LogP contribution in [0.5, 0.6) is 0 Å². The first-order valence-corrected chi connectivity index (χ1v) is 6.89. The van der Waals surface area contributed by atoms with Crippen molar-refractivity contribution in [3.8, 4) is 0 Å². The quantitative estimate of drug-likeness (QED) is 0.529. The third-order valence-corrected chi connectivity index (χ3v) is 3.69. The van der Waals surface area contributed by atoms with Crippen molar-refractivity contribution in [2.75, 3.05) is 7.11 Å². The minimum absolute atomic E-state index is 0.118. The van der Waals surface area contributed by atoms with Gasteiger partial charge in [0.05, 0.1) is 7.11 Å². The molecule has 0 saturated heterocycles. The van der Waals surface area contributed by atoms with Crippen molar-refractivity contribution in [2.24, 2.45) is 0 Å². The average Bonchev–Trinajstić information content (AvgIpc) is 2.51. The summed E-state index contributed by atoms with van der Waals surface area (Å²) in [5.41, 5.74) is 0.841. The molecule has 1 N–H and O–H groups in total. The number of carbonyl (C=O) groups excluding carboxylic acids is 2. The van der Waals surface area contributed by atoms with Gasteiger partial charge in [-0.1, -0.05) is 30.3 Å². The highest BCUT2D eigenvalue weighted by molar-refractivity contribution is 6.08. The fourth-order valence-corrected chi connectivity index (χ4v) is 2.39. The largest absolute Gasteiger partial charge is 0.466 e. The molecular weight excluding hydrogens is 280 g/mol. The highest BCUT2D eigenvalue weighted by Gasteiger charge is 2.35. The van der Waals surface area contributed by atoms with E-state index < -0.39 is 11.6 Å². The number of benzene rings is 1. The minimum Gasteiger partial charge on any atom is -0.466 e. The molecule has 0 bridgehead atoms. The highest BCUT2D eigenvalue weighted by atomic mass is 16.5. The second kappa shape index (κ2) is 6.12. The summed E-state index contributed by atoms with van der Waals surface area (Å²) in [6.07, 6.45) is 5.99. The Bertz CT molecular complexity index is 710. The Morgan fingerprint density at radius 1 is 1.32 bits per heavy atom. The monoisotopic (exact) mass is 298 g/mol. The normalized spacial score (nSPS) is 21.5. The summed E-state index contributed by atoms with van der Waals surface area (Å²) in [6, 6.07) is 6.96. The van der Waals surface area contributed by atoms with E-state index >= 15 is 0 Å². The Morgan fingerprint density at radius 3 is 2.68 bits per heavy atom. The number of esters is 1. The van der Waals surface area contributed by atoms with Gasteiger partial charge in [0.2, 0.25) is 0 Å². The summed E-state index contributed by atoms with van der Waals surface area (Å²) in [5.74, 6) is -0.575. The molecule has 0 radical (unpaired) electrons. The Labute approximate surface area is 129 Å². The first kappa shape index (κ1) is 15.9. The predicted molar refractivity (Wildman–Crippen MR) is 83.3 cm³/mol. The van der Waals surface area contributed by atoms with Gasteiger partial charge in [-0.25, -0.2) is 4.79 Å². The Hall–Kier alpha value is -2.46. The number of aliphatic hydroxyl groups is 1. The van der Waals surface area contributed by atoms with Gasteiger partial charge in [-0.2, -0.15) is 0 Å². The molecule has 2 rings (SSSR count). The maximum atomic E-state index is 12.0. The Morgan fingerprint density at radius 2 is 2.00 bits per heavy atom. The predicted octanol–water partition coefficient (Wildman–Crippen LogP) is 2.69. The first-order chi connectivity index (χ1) is 10.4. The third kappa shape index (κ3) is 2.92. The van der Waals surface area contributed by atoms with Crippen molar-refractivity contribution in [3.63, 3.8) is 0 Å². The SMILES string of the molecule is COC(=O)/C=C(C)/C=C/C1(O)C(C)=CC(=O)c2ccccc21. The van der Waals surface area contributed by atoms with E-state index in [-0.39, 0.29) is 5.78 Å². The maximum absolute atomic E-state index is 12.0. The average molecular weight is 298 g/mol. The Kier molecular flexibility index (Phi) is 4.43. The van der Waals surface area contributed by atoms with Crippen LogP contribution in [-0.2, 0) is 15.1 Å². The van der Waals surface area contributed by atoms with E-state index in [1.165, 1.54) is 19.3 Å². The van der Waals surface area contributed by atoms with E-state index in [0.717, 1.165) is 0 Å². The zero-order valence-corrected chi connectivity index (χ0v) is 12.8. The van der Waals surface area contributed by atoms with Crippen LogP contribution in [0.2, 0.25) is 0 Å². The van der Waals surface area contributed by atoms with E-state index in [1.54, 1.807) is 50.3 Å². The van der Waals surface area contributed by atoms with Gasteiger partial charge in [-0.3, -0.25) is 4.79 Å². The number of ketones is 1. The van der Waals surface area contributed by atoms with Crippen LogP contribution < -0.4 is 0 Å². The molecule has 0 aromatic heterocycles. The van der Waals surface area contributed by atoms with Crippen LogP contribution in [0.15, 0.2) is 59.7 Å². The summed E-state index contributed by atoms with van der Waals surface area (Å²) in [6.45, 7) is 3.44. The summed E-state index contributed by atoms with van der Waals surface area (Å²) in [5, 5.41) is 11.0. The minimum atomic E-state index is -1.37. The molecule has 0 spiro atoms. The molecule has 0 fully saturated rings. The standard InChI is InChI=1S/C18H18O4/c1-12(10-17(20)22-3)8-9-18(21)13(2)11-16(19)14-6-4-5-7-15(14)18/h4-11,21H,1-3H3/b9-8+,12-10+. The molecule has 1 aliphatic carbocycles. The number of methoxy groups -OCH3 is 1. The van der Waals surface area contributed by atoms with E-state index in [2.05, 4.69) is 4.74 Å². The lowest BCUT2D eigenvalue weighted by Crippen LogP contribution is -2.31. The second-order valence-electron chi connectivity index (χ2n) is 5.25. The maximum Gasteiger partial charge on any atom is 0.330 e. The third-order valence-electron chi connectivity index (χ3n) is 3.69. The van der Waals surface area contributed by atoms with Gasteiger partial charge in [0.25, 0.3) is 0 Å². The lowest BCUT2D eigenvalue weighted by atomic mass is 9.78. The molecule has 22 heavy (non-hydrogen) atoms. The lowest BCUT2D eigenvalue weighted by Gasteiger charge is -2.31. The number of carbonyl (C=O) groups is 2. The summed E-state index contributed by atoms with van der Waals surface area (Å²) in [7, 11) is 1.30. The zero-order valence-electron chi connectivity index (χ0n) is 12.8. The van der Waals surface area contributed by atoms with Crippen LogP contribution in [0, 0.1) is 0 Å². The molecule has 0 aliphatic heterocycles. The summed E-state index contributed by atoms with van der Waals surface area (Å²) >= 11 is 0. The van der Waals surface area contributed by atoms with Crippen LogP contribution in [0.3, 0.4) is 0 Å². The lowest BCUT2D eigenvalue weighted by molar-refractivity contribution is -0.134. The molecule has 1 atom stereocenters. The summed E-state index contributed by atoms with van der Waals surface area (Å²) in [4.78, 5) is 23.2. The molecular formula is C18H18O4. The molecule has 1 aromatic rings. The Balaban J connectivity index is 2.44. The van der Waals surface area contributed by atoms with Crippen molar-refractivity contribution in [1.29, 1.82) is 0 Å². The van der Waals surface area contributed by atoms with Gasteiger partial charge in [-0.05, 0) is 37.1 Å². The van der Waals surface area contributed by atoms with Crippen LogP contribution in [0.25, 0.3) is 0 Å². The van der Waals surface area contributed by atoms with Crippen molar-refractivity contribution in [3.05, 3.63) is 70.8 Å². The van der Waals surface area contributed by atoms with Gasteiger partial charge in [0, 0.05) is 17.2 Å². The number of hydrogen-bond donors (Lipinski definition) is 1. The van der Waals surface area contributed by atoms with E-state index in [0.29, 0.717) is 22.3 Å². The van der Waals surface area contributed by atoms with Crippen LogP contribution in [0.1, 0.15) is 29.8 Å². The van der Waals surface area contributed by atoms with Gasteiger partial charge < -0.3 is 9.84 Å². The molecule has 114 valence electrons. The van der Waals surface area contributed by atoms with Gasteiger partial charge in [0.1, 0.15) is 5.60 Å². The smallest absolute Gasteiger partial charge is 0.330 e. The fourth-order valence-electron chi connectivity index (χ4n) is 2.39.